The van der Waals surface area contributed by atoms with E-state index in [0.717, 1.165) is 0 Å². The molecule has 0 saturated carbocycles. The molecule has 0 aliphatic rings. The van der Waals surface area contributed by atoms with Crippen molar-refractivity contribution in [3.63, 3.8) is 0 Å². The zero-order valence-corrected chi connectivity index (χ0v) is 11.5. The predicted molar refractivity (Wildman–Crippen MR) is 68.0 cm³/mol. The van der Waals surface area contributed by atoms with Crippen molar-refractivity contribution < 1.29 is 14.6 Å². The van der Waals surface area contributed by atoms with Crippen LogP contribution < -0.4 is 10.6 Å². The Morgan fingerprint density at radius 3 is 2.41 bits per heavy atom. The molecule has 2 amide bonds. The second kappa shape index (κ2) is 7.50. The highest BCUT2D eigenvalue weighted by Crippen LogP contribution is 2.06. The lowest BCUT2D eigenvalue weighted by Gasteiger charge is -2.25. The first-order valence-corrected chi connectivity index (χ1v) is 6.02. The van der Waals surface area contributed by atoms with Crippen LogP contribution in [-0.2, 0) is 4.74 Å². The fraction of sp³-hybridized carbons (Fsp3) is 0.917. The Bertz CT molecular complexity index is 230. The predicted octanol–water partition coefficient (Wildman–Crippen LogP) is 1.12. The zero-order valence-electron chi connectivity index (χ0n) is 11.5. The summed E-state index contributed by atoms with van der Waals surface area (Å²) in [6.45, 7) is 8.35. The van der Waals surface area contributed by atoms with Gasteiger partial charge in [-0.3, -0.25) is 0 Å². The fourth-order valence-electron chi connectivity index (χ4n) is 1.30. The Morgan fingerprint density at radius 2 is 2.00 bits per heavy atom. The average molecular weight is 246 g/mol. The second-order valence-electron chi connectivity index (χ2n) is 5.15. The van der Waals surface area contributed by atoms with Crippen LogP contribution in [0.2, 0.25) is 0 Å². The number of ether oxygens (including phenoxy) is 1. The van der Waals surface area contributed by atoms with E-state index in [1.54, 1.807) is 7.11 Å². The molecule has 0 rings (SSSR count). The Morgan fingerprint density at radius 1 is 1.41 bits per heavy atom. The lowest BCUT2D eigenvalue weighted by Crippen LogP contribution is -2.48. The monoisotopic (exact) mass is 246 g/mol. The maximum atomic E-state index is 11.6. The number of carbonyl (C=O) groups is 1. The molecule has 102 valence electrons. The summed E-state index contributed by atoms with van der Waals surface area (Å²) >= 11 is 0. The summed E-state index contributed by atoms with van der Waals surface area (Å²) < 4.78 is 5.21. The van der Waals surface area contributed by atoms with Crippen molar-refractivity contribution in [3.05, 3.63) is 0 Å². The molecule has 0 saturated heterocycles. The Kier molecular flexibility index (Phi) is 7.15. The van der Waals surface area contributed by atoms with Crippen molar-refractivity contribution in [2.45, 2.75) is 45.8 Å². The smallest absolute Gasteiger partial charge is 0.315 e. The summed E-state index contributed by atoms with van der Waals surface area (Å²) in [6, 6.07) is -0.229. The van der Waals surface area contributed by atoms with Gasteiger partial charge < -0.3 is 20.5 Å². The van der Waals surface area contributed by atoms with Gasteiger partial charge in [0.1, 0.15) is 0 Å². The third-order valence-electron chi connectivity index (χ3n) is 2.79. The molecule has 3 N–H and O–H groups in total. The van der Waals surface area contributed by atoms with Crippen molar-refractivity contribution in [3.8, 4) is 0 Å². The second-order valence-corrected chi connectivity index (χ2v) is 5.15. The van der Waals surface area contributed by atoms with Crippen molar-refractivity contribution >= 4 is 6.03 Å². The lowest BCUT2D eigenvalue weighted by atomic mass is 10.0. The first kappa shape index (κ1) is 16.2. The van der Waals surface area contributed by atoms with Gasteiger partial charge in [-0.1, -0.05) is 13.8 Å². The van der Waals surface area contributed by atoms with Crippen LogP contribution in [-0.4, -0.2) is 43.0 Å². The van der Waals surface area contributed by atoms with E-state index in [1.165, 1.54) is 0 Å². The Hall–Kier alpha value is -0.810. The van der Waals surface area contributed by atoms with Crippen LogP contribution in [0, 0.1) is 5.92 Å². The van der Waals surface area contributed by atoms with Crippen molar-refractivity contribution in [2.75, 3.05) is 20.3 Å². The van der Waals surface area contributed by atoms with E-state index in [4.69, 9.17) is 9.84 Å². The van der Waals surface area contributed by atoms with Gasteiger partial charge in [-0.2, -0.15) is 0 Å². The van der Waals surface area contributed by atoms with Crippen LogP contribution in [0.3, 0.4) is 0 Å². The number of carbonyl (C=O) groups excluding carboxylic acids is 1. The van der Waals surface area contributed by atoms with E-state index in [0.29, 0.717) is 18.9 Å². The van der Waals surface area contributed by atoms with Gasteiger partial charge in [0, 0.05) is 26.3 Å². The SMILES string of the molecule is COC(C)(C)CNC(=O)NC(CCO)C(C)C. The number of aliphatic hydroxyl groups is 1. The van der Waals surface area contributed by atoms with Crippen LogP contribution in [0.5, 0.6) is 0 Å². The molecule has 0 radical (unpaired) electrons. The van der Waals surface area contributed by atoms with Crippen LogP contribution in [0.15, 0.2) is 0 Å². The Balaban J connectivity index is 4.07. The number of amides is 2. The van der Waals surface area contributed by atoms with Crippen LogP contribution in [0.25, 0.3) is 0 Å². The summed E-state index contributed by atoms with van der Waals surface area (Å²) in [7, 11) is 1.61. The lowest BCUT2D eigenvalue weighted by molar-refractivity contribution is 0.0252. The average Bonchev–Trinajstić information content (AvgIpc) is 2.26. The number of methoxy groups -OCH3 is 1. The molecule has 0 bridgehead atoms. The number of hydrogen-bond donors (Lipinski definition) is 3. The molecule has 17 heavy (non-hydrogen) atoms. The first-order chi connectivity index (χ1) is 7.82. The van der Waals surface area contributed by atoms with Crippen LogP contribution >= 0.6 is 0 Å². The number of hydrogen-bond acceptors (Lipinski definition) is 3. The van der Waals surface area contributed by atoms with E-state index < -0.39 is 0 Å². The molecule has 0 aliphatic heterocycles. The molecule has 1 atom stereocenters. The molecule has 1 unspecified atom stereocenters. The summed E-state index contributed by atoms with van der Waals surface area (Å²) in [4.78, 5) is 11.6. The molecule has 0 fully saturated rings. The van der Waals surface area contributed by atoms with E-state index in [9.17, 15) is 4.79 Å². The summed E-state index contributed by atoms with van der Waals surface area (Å²) in [5.74, 6) is 0.295. The first-order valence-electron chi connectivity index (χ1n) is 6.02. The highest BCUT2D eigenvalue weighted by molar-refractivity contribution is 5.74. The molecule has 5 nitrogen and oxygen atoms in total. The van der Waals surface area contributed by atoms with Crippen molar-refractivity contribution in [1.29, 1.82) is 0 Å². The summed E-state index contributed by atoms with van der Waals surface area (Å²) in [5, 5.41) is 14.5. The van der Waals surface area contributed by atoms with Crippen LogP contribution in [0.1, 0.15) is 34.1 Å². The zero-order chi connectivity index (χ0) is 13.5. The van der Waals surface area contributed by atoms with Gasteiger partial charge in [-0.15, -0.1) is 0 Å². The number of rotatable bonds is 7. The van der Waals surface area contributed by atoms with Gasteiger partial charge in [0.25, 0.3) is 0 Å². The topological polar surface area (TPSA) is 70.6 Å². The van der Waals surface area contributed by atoms with Crippen LogP contribution in [0.4, 0.5) is 4.79 Å². The van der Waals surface area contributed by atoms with E-state index in [-0.39, 0.29) is 24.3 Å². The quantitative estimate of drug-likeness (QED) is 0.630. The largest absolute Gasteiger partial charge is 0.396 e. The minimum atomic E-state index is -0.373. The normalized spacial score (nSPS) is 13.6. The Labute approximate surface area is 104 Å². The molecule has 0 heterocycles. The number of aliphatic hydroxyl groups excluding tert-OH is 1. The fourth-order valence-corrected chi connectivity index (χ4v) is 1.30. The third-order valence-corrected chi connectivity index (χ3v) is 2.79. The molecule has 0 aromatic carbocycles. The van der Waals surface area contributed by atoms with Gasteiger partial charge >= 0.3 is 6.03 Å². The maximum Gasteiger partial charge on any atom is 0.315 e. The number of nitrogens with one attached hydrogen (secondary N) is 2. The third kappa shape index (κ3) is 7.18. The van der Waals surface area contributed by atoms with Crippen molar-refractivity contribution in [2.24, 2.45) is 5.92 Å². The molecular formula is C12H26N2O3. The number of urea groups is 1. The highest BCUT2D eigenvalue weighted by Gasteiger charge is 2.19. The van der Waals surface area contributed by atoms with Crippen molar-refractivity contribution in [1.82, 2.24) is 10.6 Å². The minimum absolute atomic E-state index is 0.00865. The van der Waals surface area contributed by atoms with E-state index in [2.05, 4.69) is 10.6 Å². The molecule has 0 spiro atoms. The molecule has 0 aliphatic carbocycles. The molecule has 0 aromatic heterocycles. The maximum absolute atomic E-state index is 11.6. The van der Waals surface area contributed by atoms with E-state index >= 15 is 0 Å². The van der Waals surface area contributed by atoms with Gasteiger partial charge in [-0.05, 0) is 26.2 Å². The molecule has 0 aromatic rings. The molecule has 5 heteroatoms. The van der Waals surface area contributed by atoms with Gasteiger partial charge in [0.15, 0.2) is 0 Å². The van der Waals surface area contributed by atoms with E-state index in [1.807, 2.05) is 27.7 Å². The van der Waals surface area contributed by atoms with Gasteiger partial charge in [0.2, 0.25) is 0 Å². The van der Waals surface area contributed by atoms with Gasteiger partial charge in [0.05, 0.1) is 5.60 Å². The minimum Gasteiger partial charge on any atom is -0.396 e. The summed E-state index contributed by atoms with van der Waals surface area (Å²) in [5.41, 5.74) is -0.373. The highest BCUT2D eigenvalue weighted by atomic mass is 16.5. The standard InChI is InChI=1S/C12H26N2O3/c1-9(2)10(6-7-15)14-11(16)13-8-12(3,4)17-5/h9-10,15H,6-8H2,1-5H3,(H2,13,14,16). The molecular weight excluding hydrogens is 220 g/mol. The summed E-state index contributed by atoms with van der Waals surface area (Å²) in [6.07, 6.45) is 0.568. The van der Waals surface area contributed by atoms with Gasteiger partial charge in [-0.25, -0.2) is 4.79 Å².